The predicted molar refractivity (Wildman–Crippen MR) is 102 cm³/mol. The van der Waals surface area contributed by atoms with Crippen molar-refractivity contribution >= 4 is 22.6 Å². The van der Waals surface area contributed by atoms with Crippen molar-refractivity contribution in [2.75, 3.05) is 0 Å². The van der Waals surface area contributed by atoms with Gasteiger partial charge in [0.2, 0.25) is 0 Å². The highest BCUT2D eigenvalue weighted by Gasteiger charge is 2.17. The van der Waals surface area contributed by atoms with Crippen LogP contribution in [0.4, 0.5) is 0 Å². The maximum atomic E-state index is 12.4. The lowest BCUT2D eigenvalue weighted by Gasteiger charge is -2.08. The quantitative estimate of drug-likeness (QED) is 0.382. The molecule has 144 valence electrons. The minimum atomic E-state index is -0.820. The van der Waals surface area contributed by atoms with Crippen LogP contribution in [0.25, 0.3) is 22.2 Å². The summed E-state index contributed by atoms with van der Waals surface area (Å²) in [5.41, 5.74) is 3.36. The number of hydrazine groups is 1. The minimum absolute atomic E-state index is 0.0809. The Bertz CT molecular complexity index is 1340. The molecule has 0 bridgehead atoms. The van der Waals surface area contributed by atoms with E-state index in [2.05, 4.69) is 26.0 Å². The van der Waals surface area contributed by atoms with E-state index in [9.17, 15) is 19.2 Å². The molecule has 0 unspecified atom stereocenters. The van der Waals surface area contributed by atoms with Crippen LogP contribution in [-0.4, -0.2) is 27.0 Å². The highest BCUT2D eigenvalue weighted by molar-refractivity contribution is 6.05. The summed E-state index contributed by atoms with van der Waals surface area (Å²) in [4.78, 5) is 51.2. The summed E-state index contributed by atoms with van der Waals surface area (Å²) >= 11 is 0. The molecule has 3 heterocycles. The number of amides is 2. The van der Waals surface area contributed by atoms with E-state index >= 15 is 0 Å². The van der Waals surface area contributed by atoms with E-state index < -0.39 is 22.9 Å². The van der Waals surface area contributed by atoms with Gasteiger partial charge >= 0.3 is 0 Å². The SMILES string of the molecule is O=C(NNC(=O)c1n[nH]c(=O)c2ccccc12)c1ccc(-c2ccco2)[nH]c1=O. The first-order chi connectivity index (χ1) is 14.0. The molecule has 0 saturated carbocycles. The van der Waals surface area contributed by atoms with E-state index in [1.807, 2.05) is 0 Å². The Morgan fingerprint density at radius 3 is 2.34 bits per heavy atom. The highest BCUT2D eigenvalue weighted by atomic mass is 16.3. The maximum Gasteiger partial charge on any atom is 0.290 e. The maximum absolute atomic E-state index is 12.4. The molecule has 0 aliphatic carbocycles. The summed E-state index contributed by atoms with van der Waals surface area (Å²) in [7, 11) is 0. The highest BCUT2D eigenvalue weighted by Crippen LogP contribution is 2.15. The molecular weight excluding hydrogens is 378 g/mol. The number of carbonyl (C=O) groups is 2. The van der Waals surface area contributed by atoms with Gasteiger partial charge in [-0.2, -0.15) is 5.10 Å². The summed E-state index contributed by atoms with van der Waals surface area (Å²) < 4.78 is 5.19. The average molecular weight is 391 g/mol. The van der Waals surface area contributed by atoms with Gasteiger partial charge in [-0.1, -0.05) is 18.2 Å². The van der Waals surface area contributed by atoms with Crippen molar-refractivity contribution in [1.82, 2.24) is 26.0 Å². The molecule has 10 nitrogen and oxygen atoms in total. The standard InChI is InChI=1S/C19H13N5O5/c25-16-12(7-8-13(20-16)14-6-3-9-29-14)18(27)23-24-19(28)15-10-4-1-2-5-11(10)17(26)22-21-15/h1-9H,(H,20,25)(H,22,26)(H,23,27)(H,24,28). The van der Waals surface area contributed by atoms with Crippen LogP contribution in [0.3, 0.4) is 0 Å². The molecule has 0 spiro atoms. The summed E-state index contributed by atoms with van der Waals surface area (Å²) in [5.74, 6) is -1.13. The fourth-order valence-corrected chi connectivity index (χ4v) is 2.76. The summed E-state index contributed by atoms with van der Waals surface area (Å²) in [6.07, 6.45) is 1.46. The van der Waals surface area contributed by atoms with Crippen LogP contribution in [0.15, 0.2) is 68.8 Å². The van der Waals surface area contributed by atoms with Gasteiger partial charge in [0.05, 0.1) is 17.3 Å². The van der Waals surface area contributed by atoms with E-state index in [1.165, 1.54) is 18.4 Å². The van der Waals surface area contributed by atoms with Gasteiger partial charge in [0.1, 0.15) is 11.3 Å². The van der Waals surface area contributed by atoms with Gasteiger partial charge in [-0.05, 0) is 30.3 Å². The second-order valence-electron chi connectivity index (χ2n) is 5.95. The van der Waals surface area contributed by atoms with Crippen LogP contribution in [0.1, 0.15) is 20.8 Å². The van der Waals surface area contributed by atoms with Crippen molar-refractivity contribution in [3.63, 3.8) is 0 Å². The van der Waals surface area contributed by atoms with E-state index in [-0.39, 0.29) is 16.6 Å². The van der Waals surface area contributed by atoms with Gasteiger partial charge in [0.15, 0.2) is 5.69 Å². The lowest BCUT2D eigenvalue weighted by atomic mass is 10.1. The molecule has 29 heavy (non-hydrogen) atoms. The fourth-order valence-electron chi connectivity index (χ4n) is 2.76. The molecule has 0 aliphatic rings. The van der Waals surface area contributed by atoms with E-state index in [4.69, 9.17) is 4.42 Å². The zero-order valence-corrected chi connectivity index (χ0v) is 14.7. The van der Waals surface area contributed by atoms with Crippen LogP contribution in [0.5, 0.6) is 0 Å². The summed E-state index contributed by atoms with van der Waals surface area (Å²) in [6, 6.07) is 12.6. The number of fused-ring (bicyclic) bond motifs is 1. The van der Waals surface area contributed by atoms with Crippen molar-refractivity contribution in [1.29, 1.82) is 0 Å². The number of aromatic amines is 2. The van der Waals surface area contributed by atoms with E-state index in [1.54, 1.807) is 36.4 Å². The lowest BCUT2D eigenvalue weighted by Crippen LogP contribution is -2.44. The monoisotopic (exact) mass is 391 g/mol. The van der Waals surface area contributed by atoms with Crippen molar-refractivity contribution in [3.05, 3.63) is 86.8 Å². The van der Waals surface area contributed by atoms with E-state index in [0.717, 1.165) is 0 Å². The molecule has 3 aromatic heterocycles. The molecule has 0 fully saturated rings. The first-order valence-electron chi connectivity index (χ1n) is 8.40. The molecule has 4 aromatic rings. The largest absolute Gasteiger partial charge is 0.463 e. The number of H-pyrrole nitrogens is 2. The Balaban J connectivity index is 1.52. The third kappa shape index (κ3) is 3.41. The second kappa shape index (κ2) is 7.27. The summed E-state index contributed by atoms with van der Waals surface area (Å²) in [6.45, 7) is 0. The van der Waals surface area contributed by atoms with Crippen LogP contribution >= 0.6 is 0 Å². The van der Waals surface area contributed by atoms with Gasteiger partial charge in [0.25, 0.3) is 22.9 Å². The fraction of sp³-hybridized carbons (Fsp3) is 0. The lowest BCUT2D eigenvalue weighted by molar-refractivity contribution is 0.0843. The number of rotatable bonds is 3. The third-order valence-electron chi connectivity index (χ3n) is 4.14. The van der Waals surface area contributed by atoms with Crippen LogP contribution in [0, 0.1) is 0 Å². The Morgan fingerprint density at radius 2 is 1.62 bits per heavy atom. The van der Waals surface area contributed by atoms with Gasteiger partial charge in [0, 0.05) is 5.39 Å². The average Bonchev–Trinajstić information content (AvgIpc) is 3.27. The molecule has 2 amide bonds. The molecule has 4 N–H and O–H groups in total. The number of nitrogens with zero attached hydrogens (tertiary/aromatic N) is 1. The Labute approximate surface area is 161 Å². The molecule has 4 rings (SSSR count). The number of aromatic nitrogens is 3. The Kier molecular flexibility index (Phi) is 4.49. The second-order valence-corrected chi connectivity index (χ2v) is 5.95. The van der Waals surface area contributed by atoms with Crippen LogP contribution < -0.4 is 22.0 Å². The summed E-state index contributed by atoms with van der Waals surface area (Å²) in [5, 5.41) is 6.57. The van der Waals surface area contributed by atoms with Gasteiger partial charge in [-0.3, -0.25) is 30.0 Å². The van der Waals surface area contributed by atoms with Gasteiger partial charge in [-0.15, -0.1) is 0 Å². The zero-order valence-electron chi connectivity index (χ0n) is 14.7. The number of furan rings is 1. The smallest absolute Gasteiger partial charge is 0.290 e. The molecule has 0 radical (unpaired) electrons. The molecule has 1 aromatic carbocycles. The topological polar surface area (TPSA) is 150 Å². The van der Waals surface area contributed by atoms with E-state index in [0.29, 0.717) is 16.8 Å². The number of pyridine rings is 1. The Hall–Kier alpha value is -4.47. The number of carbonyl (C=O) groups excluding carboxylic acids is 2. The van der Waals surface area contributed by atoms with Crippen molar-refractivity contribution in [3.8, 4) is 11.5 Å². The van der Waals surface area contributed by atoms with Crippen LogP contribution in [-0.2, 0) is 0 Å². The van der Waals surface area contributed by atoms with Gasteiger partial charge < -0.3 is 9.40 Å². The number of hydrogen-bond acceptors (Lipinski definition) is 6. The molecule has 10 heteroatoms. The van der Waals surface area contributed by atoms with Crippen LogP contribution in [0.2, 0.25) is 0 Å². The Morgan fingerprint density at radius 1 is 0.862 bits per heavy atom. The first kappa shape index (κ1) is 17.9. The molecule has 0 aliphatic heterocycles. The first-order valence-corrected chi connectivity index (χ1v) is 8.40. The number of hydrogen-bond donors (Lipinski definition) is 4. The number of nitrogens with one attached hydrogen (secondary N) is 4. The number of benzene rings is 1. The molecule has 0 atom stereocenters. The molecular formula is C19H13N5O5. The molecule has 0 saturated heterocycles. The predicted octanol–water partition coefficient (Wildman–Crippen LogP) is 0.946. The zero-order chi connectivity index (χ0) is 20.4. The van der Waals surface area contributed by atoms with Gasteiger partial charge in [-0.25, -0.2) is 5.10 Å². The minimum Gasteiger partial charge on any atom is -0.463 e. The van der Waals surface area contributed by atoms with Crippen molar-refractivity contribution in [2.24, 2.45) is 0 Å². The normalized spacial score (nSPS) is 10.6. The van der Waals surface area contributed by atoms with Crippen molar-refractivity contribution < 1.29 is 14.0 Å². The third-order valence-corrected chi connectivity index (χ3v) is 4.14. The van der Waals surface area contributed by atoms with Crippen molar-refractivity contribution in [2.45, 2.75) is 0 Å².